The first-order valence-electron chi connectivity index (χ1n) is 6.02. The van der Waals surface area contributed by atoms with Crippen LogP contribution in [0.2, 0.25) is 0 Å². The average Bonchev–Trinajstić information content (AvgIpc) is 2.28. The van der Waals surface area contributed by atoms with Crippen molar-refractivity contribution in [2.45, 2.75) is 25.7 Å². The lowest BCUT2D eigenvalue weighted by Crippen LogP contribution is -2.45. The minimum absolute atomic E-state index is 0.126. The van der Waals surface area contributed by atoms with Crippen LogP contribution in [0.25, 0.3) is 0 Å². The zero-order valence-corrected chi connectivity index (χ0v) is 10.2. The van der Waals surface area contributed by atoms with Crippen molar-refractivity contribution in [3.63, 3.8) is 0 Å². The number of aliphatic carboxylic acids is 1. The van der Waals surface area contributed by atoms with E-state index in [4.69, 9.17) is 10.8 Å². The molecule has 0 bridgehead atoms. The number of urea groups is 1. The van der Waals surface area contributed by atoms with Crippen molar-refractivity contribution < 1.29 is 19.5 Å². The number of primary amides is 1. The number of likely N-dealkylation sites (tertiary alicyclic amines) is 1. The summed E-state index contributed by atoms with van der Waals surface area (Å²) in [6.07, 6.45) is 1.70. The molecule has 1 heterocycles. The zero-order chi connectivity index (χ0) is 13.5. The van der Waals surface area contributed by atoms with Crippen molar-refractivity contribution >= 4 is 17.9 Å². The quantitative estimate of drug-likeness (QED) is 0.630. The maximum Gasteiger partial charge on any atom is 0.317 e. The molecular weight excluding hydrogens is 238 g/mol. The maximum absolute atomic E-state index is 11.7. The number of piperidine rings is 1. The van der Waals surface area contributed by atoms with Crippen molar-refractivity contribution in [1.82, 2.24) is 10.2 Å². The second kappa shape index (κ2) is 6.83. The van der Waals surface area contributed by atoms with E-state index in [1.54, 1.807) is 4.90 Å². The predicted molar refractivity (Wildman–Crippen MR) is 63.8 cm³/mol. The lowest BCUT2D eigenvalue weighted by atomic mass is 9.94. The van der Waals surface area contributed by atoms with Crippen molar-refractivity contribution in [2.24, 2.45) is 11.7 Å². The number of carbonyl (C=O) groups excluding carboxylic acids is 2. The molecule has 1 saturated heterocycles. The molecule has 18 heavy (non-hydrogen) atoms. The van der Waals surface area contributed by atoms with Gasteiger partial charge in [0.1, 0.15) is 0 Å². The summed E-state index contributed by atoms with van der Waals surface area (Å²) in [6.45, 7) is 1.35. The van der Waals surface area contributed by atoms with Gasteiger partial charge in [-0.2, -0.15) is 0 Å². The van der Waals surface area contributed by atoms with Crippen LogP contribution in [0.1, 0.15) is 25.7 Å². The fourth-order valence-electron chi connectivity index (χ4n) is 1.99. The van der Waals surface area contributed by atoms with Crippen LogP contribution in [0, 0.1) is 5.92 Å². The first-order valence-corrected chi connectivity index (χ1v) is 6.02. The molecule has 3 amide bonds. The molecule has 0 aromatic heterocycles. The Morgan fingerprint density at radius 1 is 1.28 bits per heavy atom. The van der Waals surface area contributed by atoms with E-state index in [0.29, 0.717) is 25.9 Å². The van der Waals surface area contributed by atoms with Crippen molar-refractivity contribution in [1.29, 1.82) is 0 Å². The summed E-state index contributed by atoms with van der Waals surface area (Å²) in [6, 6.07) is -0.218. The highest BCUT2D eigenvalue weighted by molar-refractivity contribution is 5.77. The van der Waals surface area contributed by atoms with E-state index in [1.165, 1.54) is 0 Å². The molecule has 1 rings (SSSR count). The van der Waals surface area contributed by atoms with Gasteiger partial charge in [0.25, 0.3) is 0 Å². The Kier molecular flexibility index (Phi) is 5.41. The topological polar surface area (TPSA) is 113 Å². The van der Waals surface area contributed by atoms with Gasteiger partial charge in [-0.1, -0.05) is 0 Å². The van der Waals surface area contributed by atoms with E-state index in [-0.39, 0.29) is 31.3 Å². The third-order valence-corrected chi connectivity index (χ3v) is 3.01. The van der Waals surface area contributed by atoms with Crippen LogP contribution in [-0.4, -0.2) is 47.5 Å². The normalized spacial score (nSPS) is 16.3. The SMILES string of the molecule is NC(=O)CCNC(=O)N1CCC(CC(=O)O)CC1. The minimum Gasteiger partial charge on any atom is -0.481 e. The number of rotatable bonds is 5. The second-order valence-electron chi connectivity index (χ2n) is 4.48. The van der Waals surface area contributed by atoms with Gasteiger partial charge in [0.05, 0.1) is 0 Å². The smallest absolute Gasteiger partial charge is 0.317 e. The summed E-state index contributed by atoms with van der Waals surface area (Å²) in [5, 5.41) is 11.3. The summed E-state index contributed by atoms with van der Waals surface area (Å²) >= 11 is 0. The van der Waals surface area contributed by atoms with Crippen molar-refractivity contribution in [2.75, 3.05) is 19.6 Å². The number of carboxylic acid groups (broad SMARTS) is 1. The van der Waals surface area contributed by atoms with Gasteiger partial charge < -0.3 is 21.1 Å². The third-order valence-electron chi connectivity index (χ3n) is 3.01. The van der Waals surface area contributed by atoms with Crippen LogP contribution in [0.5, 0.6) is 0 Å². The monoisotopic (exact) mass is 257 g/mol. The average molecular weight is 257 g/mol. The standard InChI is InChI=1S/C11H19N3O4/c12-9(15)1-4-13-11(18)14-5-2-8(3-6-14)7-10(16)17/h8H,1-7H2,(H2,12,15)(H,13,18)(H,16,17). The Morgan fingerprint density at radius 3 is 2.39 bits per heavy atom. The number of nitrogens with zero attached hydrogens (tertiary/aromatic N) is 1. The Bertz CT molecular complexity index is 324. The summed E-state index contributed by atoms with van der Waals surface area (Å²) in [7, 11) is 0. The first kappa shape index (κ1) is 14.3. The van der Waals surface area contributed by atoms with E-state index in [9.17, 15) is 14.4 Å². The summed E-state index contributed by atoms with van der Waals surface area (Å²) < 4.78 is 0. The van der Waals surface area contributed by atoms with Gasteiger partial charge in [0.2, 0.25) is 5.91 Å². The molecule has 102 valence electrons. The molecule has 7 nitrogen and oxygen atoms in total. The maximum atomic E-state index is 11.7. The van der Waals surface area contributed by atoms with E-state index >= 15 is 0 Å². The first-order chi connectivity index (χ1) is 8.49. The van der Waals surface area contributed by atoms with Gasteiger partial charge in [-0.15, -0.1) is 0 Å². The van der Waals surface area contributed by atoms with E-state index < -0.39 is 11.9 Å². The minimum atomic E-state index is -0.792. The molecular formula is C11H19N3O4. The summed E-state index contributed by atoms with van der Waals surface area (Å²) in [4.78, 5) is 34.3. The van der Waals surface area contributed by atoms with E-state index in [0.717, 1.165) is 0 Å². The molecule has 4 N–H and O–H groups in total. The van der Waals surface area contributed by atoms with Crippen LogP contribution in [0.3, 0.4) is 0 Å². The molecule has 0 aromatic carbocycles. The molecule has 1 aliphatic rings. The number of amides is 3. The molecule has 1 fully saturated rings. The number of nitrogens with one attached hydrogen (secondary N) is 1. The highest BCUT2D eigenvalue weighted by atomic mass is 16.4. The van der Waals surface area contributed by atoms with Crippen LogP contribution in [0.15, 0.2) is 0 Å². The number of nitrogens with two attached hydrogens (primary N) is 1. The highest BCUT2D eigenvalue weighted by Crippen LogP contribution is 2.20. The molecule has 0 radical (unpaired) electrons. The third kappa shape index (κ3) is 5.03. The van der Waals surface area contributed by atoms with E-state index in [1.807, 2.05) is 0 Å². The molecule has 0 spiro atoms. The lowest BCUT2D eigenvalue weighted by Gasteiger charge is -2.31. The van der Waals surface area contributed by atoms with Crippen LogP contribution in [0.4, 0.5) is 4.79 Å². The number of hydrogen-bond donors (Lipinski definition) is 3. The molecule has 0 unspecified atom stereocenters. The van der Waals surface area contributed by atoms with Gasteiger partial charge >= 0.3 is 12.0 Å². The fraction of sp³-hybridized carbons (Fsp3) is 0.727. The van der Waals surface area contributed by atoms with Crippen LogP contribution >= 0.6 is 0 Å². The van der Waals surface area contributed by atoms with Crippen molar-refractivity contribution in [3.8, 4) is 0 Å². The highest BCUT2D eigenvalue weighted by Gasteiger charge is 2.23. The Labute approximate surface area is 105 Å². The molecule has 0 atom stereocenters. The molecule has 0 saturated carbocycles. The van der Waals surface area contributed by atoms with Gasteiger partial charge in [0, 0.05) is 32.5 Å². The zero-order valence-electron chi connectivity index (χ0n) is 10.2. The Balaban J connectivity index is 2.23. The number of hydrogen-bond acceptors (Lipinski definition) is 3. The fourth-order valence-corrected chi connectivity index (χ4v) is 1.99. The second-order valence-corrected chi connectivity index (χ2v) is 4.48. The van der Waals surface area contributed by atoms with Crippen LogP contribution in [-0.2, 0) is 9.59 Å². The van der Waals surface area contributed by atoms with Gasteiger partial charge in [-0.05, 0) is 18.8 Å². The number of carbonyl (C=O) groups is 3. The Morgan fingerprint density at radius 2 is 1.89 bits per heavy atom. The van der Waals surface area contributed by atoms with Gasteiger partial charge in [0.15, 0.2) is 0 Å². The molecule has 1 aliphatic heterocycles. The van der Waals surface area contributed by atoms with E-state index in [2.05, 4.69) is 5.32 Å². The van der Waals surface area contributed by atoms with Gasteiger partial charge in [-0.25, -0.2) is 4.79 Å². The predicted octanol–water partition coefficient (Wildman–Crippen LogP) is -0.242. The molecule has 7 heteroatoms. The number of carboxylic acids is 1. The molecule has 0 aromatic rings. The molecule has 0 aliphatic carbocycles. The van der Waals surface area contributed by atoms with Crippen LogP contribution < -0.4 is 11.1 Å². The largest absolute Gasteiger partial charge is 0.481 e. The summed E-state index contributed by atoms with van der Waals surface area (Å²) in [5.74, 6) is -1.09. The van der Waals surface area contributed by atoms with Gasteiger partial charge in [-0.3, -0.25) is 9.59 Å². The van der Waals surface area contributed by atoms with Crippen molar-refractivity contribution in [3.05, 3.63) is 0 Å². The summed E-state index contributed by atoms with van der Waals surface area (Å²) in [5.41, 5.74) is 4.96. The Hall–Kier alpha value is -1.79. The lowest BCUT2D eigenvalue weighted by molar-refractivity contribution is -0.138.